The Morgan fingerprint density at radius 1 is 1.53 bits per heavy atom. The van der Waals surface area contributed by atoms with Crippen molar-refractivity contribution in [3.8, 4) is 0 Å². The van der Waals surface area contributed by atoms with Crippen molar-refractivity contribution in [3.63, 3.8) is 0 Å². The van der Waals surface area contributed by atoms with E-state index < -0.39 is 16.4 Å². The molecule has 0 heterocycles. The minimum atomic E-state index is -0.751. The van der Waals surface area contributed by atoms with Crippen molar-refractivity contribution in [3.05, 3.63) is 39.7 Å². The Balaban J connectivity index is 2.11. The van der Waals surface area contributed by atoms with Crippen LogP contribution in [0.1, 0.15) is 25.3 Å². The van der Waals surface area contributed by atoms with Crippen molar-refractivity contribution >= 4 is 5.69 Å². The highest BCUT2D eigenvalue weighted by molar-refractivity contribution is 5.35. The summed E-state index contributed by atoms with van der Waals surface area (Å²) in [4.78, 5) is 12.1. The Morgan fingerprint density at radius 2 is 2.24 bits per heavy atom. The highest BCUT2D eigenvalue weighted by Crippen LogP contribution is 2.28. The minimum Gasteiger partial charge on any atom is -0.296 e. The van der Waals surface area contributed by atoms with Gasteiger partial charge in [0.2, 0.25) is 5.82 Å². The maximum atomic E-state index is 13.4. The Labute approximate surface area is 99.2 Å². The molecule has 0 amide bonds. The number of nitro benzene ring substituents is 1. The van der Waals surface area contributed by atoms with Gasteiger partial charge >= 0.3 is 5.69 Å². The van der Waals surface area contributed by atoms with E-state index in [9.17, 15) is 14.5 Å². The molecule has 1 aromatic rings. The van der Waals surface area contributed by atoms with E-state index in [1.165, 1.54) is 25.0 Å². The number of hydrogen-bond donors (Lipinski definition) is 0. The zero-order valence-electron chi connectivity index (χ0n) is 9.73. The van der Waals surface area contributed by atoms with Crippen LogP contribution in [0.3, 0.4) is 0 Å². The van der Waals surface area contributed by atoms with Gasteiger partial charge in [-0.3, -0.25) is 15.0 Å². The smallest absolute Gasteiger partial charge is 0.296 e. The molecule has 0 radical (unpaired) electrons. The van der Waals surface area contributed by atoms with Crippen LogP contribution in [0.15, 0.2) is 18.2 Å². The second kappa shape index (κ2) is 4.79. The summed E-state index contributed by atoms with van der Waals surface area (Å²) >= 11 is 0. The third-order valence-corrected chi connectivity index (χ3v) is 3.06. The number of nitro groups is 1. The molecule has 17 heavy (non-hydrogen) atoms. The van der Waals surface area contributed by atoms with Gasteiger partial charge in [0, 0.05) is 18.7 Å². The molecule has 0 atom stereocenters. The third-order valence-electron chi connectivity index (χ3n) is 3.06. The zero-order valence-corrected chi connectivity index (χ0v) is 9.73. The summed E-state index contributed by atoms with van der Waals surface area (Å²) in [5, 5.41) is 10.5. The van der Waals surface area contributed by atoms with E-state index in [2.05, 4.69) is 11.8 Å². The molecule has 1 saturated carbocycles. The van der Waals surface area contributed by atoms with Crippen LogP contribution in [0.25, 0.3) is 0 Å². The molecular weight excluding hydrogens is 223 g/mol. The maximum absolute atomic E-state index is 13.4. The van der Waals surface area contributed by atoms with Gasteiger partial charge in [0.25, 0.3) is 0 Å². The van der Waals surface area contributed by atoms with E-state index in [4.69, 9.17) is 0 Å². The SMILES string of the molecule is CCN(Cc1ccc([N+](=O)[O-])c(F)c1)C1CC1. The fourth-order valence-electron chi connectivity index (χ4n) is 1.97. The zero-order chi connectivity index (χ0) is 12.4. The van der Waals surface area contributed by atoms with Crippen molar-refractivity contribution in [2.75, 3.05) is 6.54 Å². The van der Waals surface area contributed by atoms with E-state index in [0.717, 1.165) is 12.1 Å². The van der Waals surface area contributed by atoms with Crippen LogP contribution in [0.4, 0.5) is 10.1 Å². The lowest BCUT2D eigenvalue weighted by Gasteiger charge is -2.19. The van der Waals surface area contributed by atoms with Gasteiger partial charge in [-0.15, -0.1) is 0 Å². The van der Waals surface area contributed by atoms with Crippen LogP contribution < -0.4 is 0 Å². The first-order chi connectivity index (χ1) is 8.11. The number of nitrogens with zero attached hydrogens (tertiary/aromatic N) is 2. The first-order valence-corrected chi connectivity index (χ1v) is 5.78. The van der Waals surface area contributed by atoms with Crippen LogP contribution >= 0.6 is 0 Å². The largest absolute Gasteiger partial charge is 0.304 e. The quantitative estimate of drug-likeness (QED) is 0.585. The van der Waals surface area contributed by atoms with Crippen molar-refractivity contribution in [1.82, 2.24) is 4.90 Å². The second-order valence-corrected chi connectivity index (χ2v) is 4.34. The van der Waals surface area contributed by atoms with Crippen molar-refractivity contribution in [1.29, 1.82) is 0 Å². The molecule has 1 aliphatic carbocycles. The lowest BCUT2D eigenvalue weighted by molar-refractivity contribution is -0.387. The lowest BCUT2D eigenvalue weighted by Crippen LogP contribution is -2.25. The maximum Gasteiger partial charge on any atom is 0.304 e. The summed E-state index contributed by atoms with van der Waals surface area (Å²) in [7, 11) is 0. The molecule has 0 spiro atoms. The highest BCUT2D eigenvalue weighted by atomic mass is 19.1. The standard InChI is InChI=1S/C12H15FN2O2/c1-2-14(10-4-5-10)8-9-3-6-12(15(16)17)11(13)7-9/h3,6-7,10H,2,4-5,8H2,1H3. The van der Waals surface area contributed by atoms with Gasteiger partial charge in [0.15, 0.2) is 0 Å². The summed E-state index contributed by atoms with van der Waals surface area (Å²) < 4.78 is 13.4. The monoisotopic (exact) mass is 238 g/mol. The topological polar surface area (TPSA) is 46.4 Å². The molecule has 0 saturated heterocycles. The molecule has 2 rings (SSSR count). The molecule has 0 unspecified atom stereocenters. The third kappa shape index (κ3) is 2.79. The fourth-order valence-corrected chi connectivity index (χ4v) is 1.97. The number of hydrogen-bond acceptors (Lipinski definition) is 3. The minimum absolute atomic E-state index is 0.455. The predicted molar refractivity (Wildman–Crippen MR) is 62.2 cm³/mol. The fraction of sp³-hybridized carbons (Fsp3) is 0.500. The predicted octanol–water partition coefficient (Wildman–Crippen LogP) is 2.72. The van der Waals surface area contributed by atoms with E-state index in [1.807, 2.05) is 0 Å². The molecule has 1 fully saturated rings. The van der Waals surface area contributed by atoms with Gasteiger partial charge in [-0.1, -0.05) is 13.0 Å². The van der Waals surface area contributed by atoms with Crippen molar-refractivity contribution in [2.45, 2.75) is 32.4 Å². The average molecular weight is 238 g/mol. The summed E-state index contributed by atoms with van der Waals surface area (Å²) in [6, 6.07) is 4.75. The molecule has 5 heteroatoms. The molecule has 92 valence electrons. The van der Waals surface area contributed by atoms with Crippen molar-refractivity contribution < 1.29 is 9.31 Å². The number of benzene rings is 1. The van der Waals surface area contributed by atoms with Gasteiger partial charge in [-0.05, 0) is 31.0 Å². The van der Waals surface area contributed by atoms with Gasteiger partial charge in [-0.25, -0.2) is 0 Å². The number of rotatable bonds is 5. The summed E-state index contributed by atoms with van der Waals surface area (Å²) in [5.41, 5.74) is 0.338. The number of halogens is 1. The van der Waals surface area contributed by atoms with Crippen LogP contribution in [-0.4, -0.2) is 22.4 Å². The molecule has 0 aliphatic heterocycles. The van der Waals surface area contributed by atoms with Crippen molar-refractivity contribution in [2.24, 2.45) is 0 Å². The summed E-state index contributed by atoms with van der Waals surface area (Å²) in [6.07, 6.45) is 2.40. The molecule has 1 aliphatic rings. The molecule has 0 bridgehead atoms. The summed E-state index contributed by atoms with van der Waals surface area (Å²) in [5.74, 6) is -0.751. The Morgan fingerprint density at radius 3 is 2.71 bits per heavy atom. The average Bonchev–Trinajstić information content (AvgIpc) is 3.09. The highest BCUT2D eigenvalue weighted by Gasteiger charge is 2.28. The van der Waals surface area contributed by atoms with Crippen LogP contribution in [0.2, 0.25) is 0 Å². The Bertz CT molecular complexity index is 433. The Hall–Kier alpha value is -1.49. The molecule has 0 N–H and O–H groups in total. The molecule has 0 aromatic heterocycles. The molecule has 4 nitrogen and oxygen atoms in total. The van der Waals surface area contributed by atoms with Crippen LogP contribution in [0, 0.1) is 15.9 Å². The van der Waals surface area contributed by atoms with Gasteiger partial charge < -0.3 is 0 Å². The Kier molecular flexibility index (Phi) is 3.38. The van der Waals surface area contributed by atoms with Crippen LogP contribution in [-0.2, 0) is 6.54 Å². The second-order valence-electron chi connectivity index (χ2n) is 4.34. The summed E-state index contributed by atoms with van der Waals surface area (Å²) in [6.45, 7) is 3.65. The normalized spacial score (nSPS) is 15.2. The van der Waals surface area contributed by atoms with E-state index in [1.54, 1.807) is 6.07 Å². The first kappa shape index (κ1) is 12.0. The molecular formula is C12H15FN2O2. The molecule has 1 aromatic carbocycles. The van der Waals surface area contributed by atoms with Gasteiger partial charge in [-0.2, -0.15) is 4.39 Å². The van der Waals surface area contributed by atoms with Gasteiger partial charge in [0.1, 0.15) is 0 Å². The van der Waals surface area contributed by atoms with E-state index in [0.29, 0.717) is 12.6 Å². The first-order valence-electron chi connectivity index (χ1n) is 5.78. The van der Waals surface area contributed by atoms with E-state index >= 15 is 0 Å². The van der Waals surface area contributed by atoms with E-state index in [-0.39, 0.29) is 0 Å². The van der Waals surface area contributed by atoms with Gasteiger partial charge in [0.05, 0.1) is 4.92 Å². The lowest BCUT2D eigenvalue weighted by atomic mass is 10.2. The van der Waals surface area contributed by atoms with Crippen LogP contribution in [0.5, 0.6) is 0 Å².